The quantitative estimate of drug-likeness (QED) is 0.869. The zero-order valence-corrected chi connectivity index (χ0v) is 11.7. The summed E-state index contributed by atoms with van der Waals surface area (Å²) in [7, 11) is -2.60. The first-order valence-electron chi connectivity index (χ1n) is 5.96. The van der Waals surface area contributed by atoms with Crippen molar-refractivity contribution < 1.29 is 17.5 Å². The highest BCUT2D eigenvalue weighted by molar-refractivity contribution is 7.89. The van der Waals surface area contributed by atoms with Gasteiger partial charge < -0.3 is 10.1 Å². The zero-order valence-electron chi connectivity index (χ0n) is 10.8. The molecule has 0 amide bonds. The molecule has 1 saturated heterocycles. The molecule has 0 bridgehead atoms. The molecule has 0 spiro atoms. The number of hydrogen-bond donors (Lipinski definition) is 1. The molecule has 2 rings (SSSR count). The van der Waals surface area contributed by atoms with Gasteiger partial charge in [-0.3, -0.25) is 0 Å². The highest BCUT2D eigenvalue weighted by Crippen LogP contribution is 2.24. The van der Waals surface area contributed by atoms with Gasteiger partial charge in [0.25, 0.3) is 0 Å². The maximum atomic E-state index is 13.6. The number of ether oxygens (including phenoxy) is 1. The summed E-state index contributed by atoms with van der Waals surface area (Å²) < 4.78 is 44.4. The minimum Gasteiger partial charge on any atom is -0.494 e. The van der Waals surface area contributed by atoms with Gasteiger partial charge in [0.1, 0.15) is 6.04 Å². The number of halogens is 1. The number of benzene rings is 1. The second kappa shape index (κ2) is 5.75. The van der Waals surface area contributed by atoms with Crippen LogP contribution in [0.5, 0.6) is 5.75 Å². The van der Waals surface area contributed by atoms with Crippen molar-refractivity contribution in [2.24, 2.45) is 0 Å². The molecular weight excluding hydrogens is 285 g/mol. The molecular formula is C12H14FN3O3S. The predicted molar refractivity (Wildman–Crippen MR) is 69.1 cm³/mol. The van der Waals surface area contributed by atoms with Gasteiger partial charge in [-0.15, -0.1) is 0 Å². The zero-order chi connectivity index (χ0) is 14.8. The molecule has 1 aliphatic rings. The lowest BCUT2D eigenvalue weighted by molar-refractivity contribution is 0.311. The van der Waals surface area contributed by atoms with Crippen LogP contribution in [0, 0.1) is 17.1 Å². The summed E-state index contributed by atoms with van der Waals surface area (Å²) in [6.07, 6.45) is 0. The fourth-order valence-corrected chi connectivity index (χ4v) is 3.58. The Hall–Kier alpha value is -1.69. The van der Waals surface area contributed by atoms with E-state index in [1.54, 1.807) is 0 Å². The highest BCUT2D eigenvalue weighted by atomic mass is 32.2. The first kappa shape index (κ1) is 14.7. The molecule has 0 saturated carbocycles. The largest absolute Gasteiger partial charge is 0.494 e. The summed E-state index contributed by atoms with van der Waals surface area (Å²) in [5, 5.41) is 12.0. The van der Waals surface area contributed by atoms with E-state index in [1.807, 2.05) is 6.07 Å². The fourth-order valence-electron chi connectivity index (χ4n) is 2.03. The Balaban J connectivity index is 2.39. The standard InChI is InChI=1S/C12H14FN3O3S/c1-19-12-3-2-10(6-11(12)13)20(17,18)16-5-4-15-8-9(16)7-14/h2-3,6,9,15H,4-5,8H2,1H3. The van der Waals surface area contributed by atoms with Crippen LogP contribution in [0.4, 0.5) is 4.39 Å². The molecule has 1 aliphatic heterocycles. The van der Waals surface area contributed by atoms with Crippen molar-refractivity contribution in [2.75, 3.05) is 26.7 Å². The summed E-state index contributed by atoms with van der Waals surface area (Å²) in [5.74, 6) is -0.779. The average molecular weight is 299 g/mol. The lowest BCUT2D eigenvalue weighted by Crippen LogP contribution is -2.52. The van der Waals surface area contributed by atoms with Gasteiger partial charge in [0, 0.05) is 19.6 Å². The predicted octanol–water partition coefficient (Wildman–Crippen LogP) is 0.320. The molecule has 1 unspecified atom stereocenters. The Kier molecular flexibility index (Phi) is 4.23. The summed E-state index contributed by atoms with van der Waals surface area (Å²) in [5.41, 5.74) is 0. The van der Waals surface area contributed by atoms with E-state index in [-0.39, 0.29) is 23.7 Å². The SMILES string of the molecule is COc1ccc(S(=O)(=O)N2CCNCC2C#N)cc1F. The molecule has 0 radical (unpaired) electrons. The van der Waals surface area contributed by atoms with Crippen molar-refractivity contribution in [2.45, 2.75) is 10.9 Å². The Bertz CT molecular complexity index is 642. The highest BCUT2D eigenvalue weighted by Gasteiger charge is 2.33. The number of hydrogen-bond acceptors (Lipinski definition) is 5. The van der Waals surface area contributed by atoms with E-state index < -0.39 is 21.9 Å². The minimum atomic E-state index is -3.90. The number of nitrogens with zero attached hydrogens (tertiary/aromatic N) is 2. The van der Waals surface area contributed by atoms with E-state index in [2.05, 4.69) is 5.32 Å². The van der Waals surface area contributed by atoms with Crippen molar-refractivity contribution in [1.29, 1.82) is 5.26 Å². The summed E-state index contributed by atoms with van der Waals surface area (Å²) in [4.78, 5) is -0.182. The molecule has 20 heavy (non-hydrogen) atoms. The van der Waals surface area contributed by atoms with Crippen LogP contribution < -0.4 is 10.1 Å². The van der Waals surface area contributed by atoms with Crippen LogP contribution in [-0.4, -0.2) is 45.5 Å². The smallest absolute Gasteiger partial charge is 0.244 e. The van der Waals surface area contributed by atoms with Crippen LogP contribution in [0.15, 0.2) is 23.1 Å². The van der Waals surface area contributed by atoms with Gasteiger partial charge in [0.05, 0.1) is 18.1 Å². The van der Waals surface area contributed by atoms with Gasteiger partial charge in [0.2, 0.25) is 10.0 Å². The van der Waals surface area contributed by atoms with Crippen LogP contribution >= 0.6 is 0 Å². The van der Waals surface area contributed by atoms with Gasteiger partial charge in [-0.05, 0) is 18.2 Å². The van der Waals surface area contributed by atoms with Crippen LogP contribution in [-0.2, 0) is 10.0 Å². The van der Waals surface area contributed by atoms with Gasteiger partial charge in [-0.1, -0.05) is 0 Å². The van der Waals surface area contributed by atoms with E-state index in [0.29, 0.717) is 6.54 Å². The molecule has 1 fully saturated rings. The summed E-state index contributed by atoms with van der Waals surface area (Å²) in [6, 6.07) is 4.57. The van der Waals surface area contributed by atoms with Crippen LogP contribution in [0.1, 0.15) is 0 Å². The number of nitrogens with one attached hydrogen (secondary N) is 1. The molecule has 0 aromatic heterocycles. The third kappa shape index (κ3) is 2.60. The number of rotatable bonds is 3. The number of methoxy groups -OCH3 is 1. The van der Waals surface area contributed by atoms with Gasteiger partial charge in [-0.25, -0.2) is 12.8 Å². The van der Waals surface area contributed by atoms with Crippen molar-refractivity contribution in [1.82, 2.24) is 9.62 Å². The lowest BCUT2D eigenvalue weighted by Gasteiger charge is -2.30. The van der Waals surface area contributed by atoms with E-state index in [1.165, 1.54) is 19.2 Å². The maximum absolute atomic E-state index is 13.6. The summed E-state index contributed by atoms with van der Waals surface area (Å²) >= 11 is 0. The van der Waals surface area contributed by atoms with Crippen LogP contribution in [0.3, 0.4) is 0 Å². The van der Waals surface area contributed by atoms with E-state index in [9.17, 15) is 12.8 Å². The first-order valence-corrected chi connectivity index (χ1v) is 7.40. The molecule has 8 heteroatoms. The van der Waals surface area contributed by atoms with Crippen molar-refractivity contribution in [3.63, 3.8) is 0 Å². The van der Waals surface area contributed by atoms with E-state index >= 15 is 0 Å². The van der Waals surface area contributed by atoms with Gasteiger partial charge in [0.15, 0.2) is 11.6 Å². The lowest BCUT2D eigenvalue weighted by atomic mass is 10.3. The number of piperazine rings is 1. The van der Waals surface area contributed by atoms with Crippen molar-refractivity contribution >= 4 is 10.0 Å². The Morgan fingerprint density at radius 2 is 2.30 bits per heavy atom. The third-order valence-corrected chi connectivity index (χ3v) is 4.98. The maximum Gasteiger partial charge on any atom is 0.244 e. The van der Waals surface area contributed by atoms with E-state index in [0.717, 1.165) is 10.4 Å². The monoisotopic (exact) mass is 299 g/mol. The normalized spacial score (nSPS) is 20.4. The van der Waals surface area contributed by atoms with Crippen LogP contribution in [0.25, 0.3) is 0 Å². The van der Waals surface area contributed by atoms with Crippen molar-refractivity contribution in [3.8, 4) is 11.8 Å². The Labute approximate surface area is 116 Å². The molecule has 1 aromatic carbocycles. The Morgan fingerprint density at radius 1 is 1.55 bits per heavy atom. The van der Waals surface area contributed by atoms with E-state index in [4.69, 9.17) is 10.00 Å². The van der Waals surface area contributed by atoms with Gasteiger partial charge >= 0.3 is 0 Å². The van der Waals surface area contributed by atoms with Gasteiger partial charge in [-0.2, -0.15) is 9.57 Å². The second-order valence-electron chi connectivity index (χ2n) is 4.26. The molecule has 6 nitrogen and oxygen atoms in total. The topological polar surface area (TPSA) is 82.4 Å². The molecule has 1 aromatic rings. The average Bonchev–Trinajstić information content (AvgIpc) is 2.47. The molecule has 1 atom stereocenters. The number of nitriles is 1. The van der Waals surface area contributed by atoms with Crippen molar-refractivity contribution in [3.05, 3.63) is 24.0 Å². The molecule has 108 valence electrons. The second-order valence-corrected chi connectivity index (χ2v) is 6.15. The minimum absolute atomic E-state index is 0.0268. The third-order valence-electron chi connectivity index (χ3n) is 3.07. The first-order chi connectivity index (χ1) is 9.50. The Morgan fingerprint density at radius 3 is 2.90 bits per heavy atom. The molecule has 1 heterocycles. The van der Waals surface area contributed by atoms with Crippen LogP contribution in [0.2, 0.25) is 0 Å². The fraction of sp³-hybridized carbons (Fsp3) is 0.417. The summed E-state index contributed by atoms with van der Waals surface area (Å²) in [6.45, 7) is 0.888. The molecule has 1 N–H and O–H groups in total. The number of sulfonamides is 1. The molecule has 0 aliphatic carbocycles.